The van der Waals surface area contributed by atoms with Gasteiger partial charge in [0.25, 0.3) is 0 Å². The summed E-state index contributed by atoms with van der Waals surface area (Å²) in [6, 6.07) is 5.76. The molecular formula is C16H11ClF4O2. The molecule has 0 saturated carbocycles. The molecule has 0 amide bonds. The number of benzene rings is 2. The Bertz CT molecular complexity index is 735. The van der Waals surface area contributed by atoms with Crippen LogP contribution in [-0.4, -0.2) is 5.11 Å². The monoisotopic (exact) mass is 346 g/mol. The Labute approximate surface area is 134 Å². The maximum atomic E-state index is 13.9. The van der Waals surface area contributed by atoms with E-state index in [1.807, 2.05) is 0 Å². The maximum absolute atomic E-state index is 13.9. The Kier molecular flexibility index (Phi) is 3.98. The summed E-state index contributed by atoms with van der Waals surface area (Å²) in [6.45, 7) is 0. The molecular weight excluding hydrogens is 336 g/mol. The summed E-state index contributed by atoms with van der Waals surface area (Å²) in [5, 5.41) is 9.27. The fourth-order valence-corrected chi connectivity index (χ4v) is 2.82. The molecule has 2 aromatic rings. The molecule has 0 bridgehead atoms. The van der Waals surface area contributed by atoms with Crippen molar-refractivity contribution in [2.75, 3.05) is 0 Å². The van der Waals surface area contributed by atoms with E-state index in [0.29, 0.717) is 25.0 Å². The summed E-state index contributed by atoms with van der Waals surface area (Å²) in [5.74, 6) is -1.40. The first-order valence-electron chi connectivity index (χ1n) is 6.80. The molecule has 0 heterocycles. The van der Waals surface area contributed by atoms with Gasteiger partial charge in [0.15, 0.2) is 11.6 Å². The van der Waals surface area contributed by atoms with Crippen LogP contribution in [-0.2, 0) is 12.6 Å². The van der Waals surface area contributed by atoms with Gasteiger partial charge in [-0.05, 0) is 48.2 Å². The van der Waals surface area contributed by atoms with Crippen molar-refractivity contribution in [3.05, 3.63) is 57.9 Å². The number of aryl methyl sites for hydroxylation is 1. The second-order valence-corrected chi connectivity index (χ2v) is 5.69. The fourth-order valence-electron chi connectivity index (χ4n) is 2.57. The first-order chi connectivity index (χ1) is 10.8. The quantitative estimate of drug-likeness (QED) is 0.751. The van der Waals surface area contributed by atoms with E-state index in [-0.39, 0.29) is 5.75 Å². The maximum Gasteiger partial charge on any atom is 0.416 e. The van der Waals surface area contributed by atoms with Crippen molar-refractivity contribution in [1.82, 2.24) is 0 Å². The zero-order valence-electron chi connectivity index (χ0n) is 11.6. The second kappa shape index (κ2) is 5.69. The van der Waals surface area contributed by atoms with E-state index >= 15 is 0 Å². The molecule has 23 heavy (non-hydrogen) atoms. The zero-order valence-corrected chi connectivity index (χ0v) is 12.4. The van der Waals surface area contributed by atoms with Gasteiger partial charge in [0.05, 0.1) is 16.7 Å². The minimum absolute atomic E-state index is 0.249. The Morgan fingerprint density at radius 3 is 2.57 bits per heavy atom. The minimum atomic E-state index is -4.69. The van der Waals surface area contributed by atoms with Crippen LogP contribution in [0.15, 0.2) is 30.3 Å². The number of fused-ring (bicyclic) bond motifs is 1. The molecule has 1 aliphatic carbocycles. The lowest BCUT2D eigenvalue weighted by atomic mass is 10.1. The third-order valence-electron chi connectivity index (χ3n) is 3.71. The van der Waals surface area contributed by atoms with Crippen LogP contribution in [0.1, 0.15) is 29.2 Å². The van der Waals surface area contributed by atoms with Gasteiger partial charge in [-0.15, -0.1) is 0 Å². The van der Waals surface area contributed by atoms with E-state index in [1.54, 1.807) is 12.1 Å². The number of aliphatic hydroxyl groups is 1. The van der Waals surface area contributed by atoms with E-state index in [4.69, 9.17) is 16.3 Å². The summed E-state index contributed by atoms with van der Waals surface area (Å²) in [4.78, 5) is 0. The van der Waals surface area contributed by atoms with E-state index in [2.05, 4.69) is 0 Å². The number of alkyl halides is 3. The number of hydrogen-bond acceptors (Lipinski definition) is 2. The van der Waals surface area contributed by atoms with Gasteiger partial charge in [-0.2, -0.15) is 13.2 Å². The van der Waals surface area contributed by atoms with Crippen LogP contribution in [0.25, 0.3) is 0 Å². The zero-order chi connectivity index (χ0) is 16.8. The summed E-state index contributed by atoms with van der Waals surface area (Å²) in [5.41, 5.74) is 0.458. The van der Waals surface area contributed by atoms with Gasteiger partial charge in [0.2, 0.25) is 0 Å². The first-order valence-corrected chi connectivity index (χ1v) is 7.18. The Morgan fingerprint density at radius 2 is 1.91 bits per heavy atom. The Morgan fingerprint density at radius 1 is 1.17 bits per heavy atom. The molecule has 2 nitrogen and oxygen atoms in total. The van der Waals surface area contributed by atoms with Crippen LogP contribution < -0.4 is 4.74 Å². The molecule has 1 aliphatic rings. The van der Waals surface area contributed by atoms with Crippen LogP contribution in [0.3, 0.4) is 0 Å². The summed E-state index contributed by atoms with van der Waals surface area (Å²) in [6.07, 6.45) is -3.98. The summed E-state index contributed by atoms with van der Waals surface area (Å²) in [7, 11) is 0. The van der Waals surface area contributed by atoms with Crippen LogP contribution in [0.4, 0.5) is 17.6 Å². The molecule has 3 rings (SSSR count). The molecule has 0 aliphatic heterocycles. The largest absolute Gasteiger partial charge is 0.453 e. The van der Waals surface area contributed by atoms with Crippen molar-refractivity contribution in [1.29, 1.82) is 0 Å². The van der Waals surface area contributed by atoms with Crippen molar-refractivity contribution in [2.45, 2.75) is 25.1 Å². The van der Waals surface area contributed by atoms with Crippen LogP contribution in [0.5, 0.6) is 11.5 Å². The molecule has 0 saturated heterocycles. The van der Waals surface area contributed by atoms with Gasteiger partial charge in [-0.1, -0.05) is 17.7 Å². The van der Waals surface area contributed by atoms with E-state index < -0.39 is 34.4 Å². The predicted molar refractivity (Wildman–Crippen MR) is 76.2 cm³/mol. The smallest absolute Gasteiger partial charge is 0.416 e. The predicted octanol–water partition coefficient (Wildman–Crippen LogP) is 5.27. The summed E-state index contributed by atoms with van der Waals surface area (Å²) >= 11 is 5.73. The molecule has 7 heteroatoms. The topological polar surface area (TPSA) is 29.5 Å². The standard InChI is InChI=1S/C16H11ClF4O2/c17-12-6-9(16(19,20)21)7-13(18)15(12)23-10-2-3-11-8(5-10)1-4-14(11)22/h2-3,5-7,14,22H,1,4H2. The number of aliphatic hydroxyl groups excluding tert-OH is 1. The number of halogens is 5. The van der Waals surface area contributed by atoms with Gasteiger partial charge >= 0.3 is 6.18 Å². The van der Waals surface area contributed by atoms with Crippen LogP contribution in [0.2, 0.25) is 5.02 Å². The number of ether oxygens (including phenoxy) is 1. The highest BCUT2D eigenvalue weighted by Crippen LogP contribution is 2.40. The fraction of sp³-hybridized carbons (Fsp3) is 0.250. The van der Waals surface area contributed by atoms with E-state index in [0.717, 1.165) is 11.1 Å². The molecule has 122 valence electrons. The summed E-state index contributed by atoms with van der Waals surface area (Å²) < 4.78 is 57.0. The lowest BCUT2D eigenvalue weighted by Gasteiger charge is -2.13. The lowest BCUT2D eigenvalue weighted by Crippen LogP contribution is -2.06. The second-order valence-electron chi connectivity index (χ2n) is 5.28. The highest BCUT2D eigenvalue weighted by molar-refractivity contribution is 6.32. The molecule has 1 unspecified atom stereocenters. The normalized spacial score (nSPS) is 17.2. The Hall–Kier alpha value is -1.79. The number of hydrogen-bond donors (Lipinski definition) is 1. The van der Waals surface area contributed by atoms with E-state index in [9.17, 15) is 22.7 Å². The van der Waals surface area contributed by atoms with Gasteiger partial charge < -0.3 is 9.84 Å². The highest BCUT2D eigenvalue weighted by Gasteiger charge is 2.32. The van der Waals surface area contributed by atoms with Crippen molar-refractivity contribution in [3.8, 4) is 11.5 Å². The first kappa shape index (κ1) is 16.1. The molecule has 0 aromatic heterocycles. The third kappa shape index (κ3) is 3.14. The molecule has 0 radical (unpaired) electrons. The molecule has 1 atom stereocenters. The van der Waals surface area contributed by atoms with Gasteiger partial charge in [-0.25, -0.2) is 4.39 Å². The molecule has 2 aromatic carbocycles. The highest BCUT2D eigenvalue weighted by atomic mass is 35.5. The number of rotatable bonds is 2. The third-order valence-corrected chi connectivity index (χ3v) is 3.99. The van der Waals surface area contributed by atoms with Crippen LogP contribution >= 0.6 is 11.6 Å². The van der Waals surface area contributed by atoms with Gasteiger partial charge in [-0.3, -0.25) is 0 Å². The average molecular weight is 347 g/mol. The van der Waals surface area contributed by atoms with Gasteiger partial charge in [0, 0.05) is 0 Å². The molecule has 0 fully saturated rings. The van der Waals surface area contributed by atoms with Crippen molar-refractivity contribution < 1.29 is 27.4 Å². The van der Waals surface area contributed by atoms with Crippen molar-refractivity contribution in [2.24, 2.45) is 0 Å². The van der Waals surface area contributed by atoms with E-state index in [1.165, 1.54) is 6.07 Å². The molecule has 1 N–H and O–H groups in total. The molecule has 0 spiro atoms. The van der Waals surface area contributed by atoms with Crippen molar-refractivity contribution in [3.63, 3.8) is 0 Å². The SMILES string of the molecule is OC1CCc2cc(Oc3c(F)cc(C(F)(F)F)cc3Cl)ccc21. The van der Waals surface area contributed by atoms with Crippen molar-refractivity contribution >= 4 is 11.6 Å². The average Bonchev–Trinajstić information content (AvgIpc) is 2.83. The van der Waals surface area contributed by atoms with Gasteiger partial charge in [0.1, 0.15) is 5.75 Å². The van der Waals surface area contributed by atoms with Crippen LogP contribution in [0, 0.1) is 5.82 Å². The Balaban J connectivity index is 1.92. The lowest BCUT2D eigenvalue weighted by molar-refractivity contribution is -0.137. The minimum Gasteiger partial charge on any atom is -0.453 e.